The molecule has 1 aliphatic heterocycles. The summed E-state index contributed by atoms with van der Waals surface area (Å²) < 4.78 is 6.85. The molecule has 2 aromatic rings. The topological polar surface area (TPSA) is 200 Å². The Hall–Kier alpha value is -1.28. The summed E-state index contributed by atoms with van der Waals surface area (Å²) in [6.45, 7) is -4.20. The minimum absolute atomic E-state index is 0.218. The number of nitrogen functional groups attached to an aromatic ring is 1. The second-order valence-corrected chi connectivity index (χ2v) is 7.32. The lowest BCUT2D eigenvalue weighted by atomic mass is 10.1. The summed E-state index contributed by atoms with van der Waals surface area (Å²) in [7, 11) is 0. The van der Waals surface area contributed by atoms with Gasteiger partial charge in [-0.3, -0.25) is 4.57 Å². The molecule has 134 valence electrons. The Morgan fingerprint density at radius 2 is 1.83 bits per heavy atom. The normalized spacial score (nSPS) is 27.1. The van der Waals surface area contributed by atoms with Crippen molar-refractivity contribution in [3.8, 4) is 0 Å². The summed E-state index contributed by atoms with van der Waals surface area (Å²) in [6.07, 6.45) is -1.42. The molecule has 1 fully saturated rings. The molecule has 1 aliphatic rings. The largest absolute Gasteiger partial charge is 0.394 e. The van der Waals surface area contributed by atoms with Crippen LogP contribution in [0.4, 0.5) is 5.82 Å². The monoisotopic (exact) mass is 381 g/mol. The van der Waals surface area contributed by atoms with Gasteiger partial charge in [-0.2, -0.15) is 0 Å². The Morgan fingerprint density at radius 1 is 1.21 bits per heavy atom. The highest BCUT2D eigenvalue weighted by molar-refractivity contribution is 8.06. The lowest BCUT2D eigenvalue weighted by molar-refractivity contribution is -0.0511. The van der Waals surface area contributed by atoms with Crippen LogP contribution in [0.5, 0.6) is 0 Å². The van der Waals surface area contributed by atoms with Crippen molar-refractivity contribution in [2.24, 2.45) is 0 Å². The lowest BCUT2D eigenvalue weighted by Gasteiger charge is -2.16. The van der Waals surface area contributed by atoms with Gasteiger partial charge >= 0.3 is 6.72 Å². The molecule has 2 aromatic heterocycles. The molecule has 12 nitrogen and oxygen atoms in total. The van der Waals surface area contributed by atoms with Crippen LogP contribution in [0, 0.1) is 0 Å². The fourth-order valence-corrected chi connectivity index (χ4v) is 2.17. The molecule has 1 saturated heterocycles. The number of hydrogen-bond acceptors (Lipinski definition) is 9. The molecule has 8 N–H and O–H groups in total. The molecule has 3 rings (SSSR count). The predicted octanol–water partition coefficient (Wildman–Crippen LogP) is -2.79. The molecule has 0 bridgehead atoms. The molecular weight excluding hydrogens is 365 g/mol. The Labute approximate surface area is 140 Å². The van der Waals surface area contributed by atoms with Crippen LogP contribution >= 0.6 is 6.72 Å². The second kappa shape index (κ2) is 7.31. The Balaban J connectivity index is 0.000000368. The van der Waals surface area contributed by atoms with Gasteiger partial charge in [0.05, 0.1) is 12.9 Å². The zero-order chi connectivity index (χ0) is 18.1. The third-order valence-corrected chi connectivity index (χ3v) is 3.18. The van der Waals surface area contributed by atoms with Crippen molar-refractivity contribution in [1.29, 1.82) is 0 Å². The van der Waals surface area contributed by atoms with Gasteiger partial charge in [0.15, 0.2) is 17.7 Å². The van der Waals surface area contributed by atoms with Crippen LogP contribution in [0.3, 0.4) is 0 Å². The highest BCUT2D eigenvalue weighted by atomic mass is 32.5. The van der Waals surface area contributed by atoms with E-state index in [1.165, 1.54) is 17.2 Å². The van der Waals surface area contributed by atoms with E-state index in [9.17, 15) is 10.2 Å². The highest BCUT2D eigenvalue weighted by Crippen LogP contribution is 2.31. The van der Waals surface area contributed by atoms with E-state index in [0.29, 0.717) is 11.2 Å². The number of aromatic nitrogens is 4. The number of fused-ring (bicyclic) bond motifs is 1. The fourth-order valence-electron chi connectivity index (χ4n) is 2.17. The van der Waals surface area contributed by atoms with Gasteiger partial charge in [-0.1, -0.05) is 0 Å². The zero-order valence-electron chi connectivity index (χ0n) is 12.0. The van der Waals surface area contributed by atoms with Crippen LogP contribution in [0.25, 0.3) is 11.2 Å². The smallest absolute Gasteiger partial charge is 0.319 e. The molecule has 0 aliphatic carbocycles. The average Bonchev–Trinajstić information content (AvgIpc) is 3.01. The first-order valence-corrected chi connectivity index (χ1v) is 9.13. The summed E-state index contributed by atoms with van der Waals surface area (Å²) in [6, 6.07) is 0. The van der Waals surface area contributed by atoms with Crippen molar-refractivity contribution >= 4 is 35.5 Å². The van der Waals surface area contributed by atoms with E-state index >= 15 is 0 Å². The van der Waals surface area contributed by atoms with Crippen LogP contribution in [-0.4, -0.2) is 74.4 Å². The number of imidazole rings is 1. The van der Waals surface area contributed by atoms with Crippen molar-refractivity contribution in [1.82, 2.24) is 19.5 Å². The number of aliphatic hydroxyl groups excluding tert-OH is 3. The summed E-state index contributed by atoms with van der Waals surface area (Å²) in [4.78, 5) is 34.6. The molecule has 0 amide bonds. The number of anilines is 1. The fraction of sp³-hybridized carbons (Fsp3) is 0.500. The molecule has 0 spiro atoms. The number of nitrogens with two attached hydrogens (primary N) is 1. The molecule has 3 heterocycles. The van der Waals surface area contributed by atoms with Gasteiger partial charge in [0.2, 0.25) is 0 Å². The number of rotatable bonds is 2. The van der Waals surface area contributed by atoms with Crippen molar-refractivity contribution in [3.05, 3.63) is 12.7 Å². The van der Waals surface area contributed by atoms with E-state index in [0.717, 1.165) is 0 Å². The van der Waals surface area contributed by atoms with Gasteiger partial charge in [-0.15, -0.1) is 0 Å². The number of nitrogens with zero attached hydrogens (tertiary/aromatic N) is 4. The van der Waals surface area contributed by atoms with Gasteiger partial charge in [-0.05, 0) is 11.8 Å². The third-order valence-electron chi connectivity index (χ3n) is 3.18. The van der Waals surface area contributed by atoms with E-state index in [1.807, 2.05) is 0 Å². The number of aliphatic hydroxyl groups is 3. The van der Waals surface area contributed by atoms with E-state index in [1.54, 1.807) is 0 Å². The van der Waals surface area contributed by atoms with E-state index in [4.69, 9.17) is 30.3 Å². The van der Waals surface area contributed by atoms with Gasteiger partial charge in [0.1, 0.15) is 30.2 Å². The molecule has 14 heteroatoms. The van der Waals surface area contributed by atoms with E-state index in [-0.39, 0.29) is 5.82 Å². The Morgan fingerprint density at radius 3 is 2.38 bits per heavy atom. The van der Waals surface area contributed by atoms with Crippen molar-refractivity contribution in [2.45, 2.75) is 24.5 Å². The van der Waals surface area contributed by atoms with Crippen molar-refractivity contribution in [3.63, 3.8) is 0 Å². The van der Waals surface area contributed by atoms with Crippen LogP contribution < -0.4 is 5.73 Å². The van der Waals surface area contributed by atoms with E-state index in [2.05, 4.69) is 26.8 Å². The summed E-state index contributed by atoms with van der Waals surface area (Å²) in [5, 5.41) is 28.7. The van der Waals surface area contributed by atoms with Gasteiger partial charge in [0, 0.05) is 0 Å². The highest BCUT2D eigenvalue weighted by Gasteiger charge is 2.43. The molecule has 2 unspecified atom stereocenters. The molecule has 0 radical (unpaired) electrons. The van der Waals surface area contributed by atoms with Crippen LogP contribution in [-0.2, 0) is 16.5 Å². The maximum atomic E-state index is 9.95. The minimum Gasteiger partial charge on any atom is -0.394 e. The lowest BCUT2D eigenvalue weighted by Crippen LogP contribution is -2.33. The van der Waals surface area contributed by atoms with Crippen molar-refractivity contribution in [2.75, 3.05) is 12.3 Å². The van der Waals surface area contributed by atoms with Crippen LogP contribution in [0.2, 0.25) is 0 Å². The molecular formula is C10H16N5O7PS. The Bertz CT molecular complexity index is 746. The van der Waals surface area contributed by atoms with Crippen LogP contribution in [0.1, 0.15) is 6.23 Å². The maximum Gasteiger partial charge on any atom is 0.319 e. The molecule has 24 heavy (non-hydrogen) atoms. The quantitative estimate of drug-likeness (QED) is 0.264. The molecule has 0 saturated carbocycles. The maximum absolute atomic E-state index is 9.95. The summed E-state index contributed by atoms with van der Waals surface area (Å²) in [5.74, 6) is 0.218. The molecule has 4 atom stereocenters. The first kappa shape index (κ1) is 19.1. The second-order valence-electron chi connectivity index (χ2n) is 4.83. The summed E-state index contributed by atoms with van der Waals surface area (Å²) in [5.41, 5.74) is 6.44. The number of hydrogen-bond donors (Lipinski definition) is 7. The summed E-state index contributed by atoms with van der Waals surface area (Å²) >= 11 is 3.60. The third kappa shape index (κ3) is 4.22. The number of ether oxygens (including phenoxy) is 1. The van der Waals surface area contributed by atoms with Gasteiger partial charge in [-0.25, -0.2) is 15.0 Å². The first-order chi connectivity index (χ1) is 11.1. The van der Waals surface area contributed by atoms with Crippen LogP contribution in [0.15, 0.2) is 12.7 Å². The zero-order valence-corrected chi connectivity index (χ0v) is 13.7. The Kier molecular flexibility index (Phi) is 5.80. The van der Waals surface area contributed by atoms with Gasteiger partial charge < -0.3 is 40.5 Å². The SMILES string of the molecule is Nc1ncnc2c1ncn2[C@H]1O[C@@H](CO)C(O)C1O.OP(O)(O)=S. The predicted molar refractivity (Wildman–Crippen MR) is 83.7 cm³/mol. The minimum atomic E-state index is -3.81. The van der Waals surface area contributed by atoms with E-state index < -0.39 is 37.9 Å². The van der Waals surface area contributed by atoms with Gasteiger partial charge in [0.25, 0.3) is 0 Å². The standard InChI is InChI=1S/C10H13N5O4.H3O3PS/c11-8-5-9(13-2-12-8)15(3-14-5)10-7(18)6(17)4(1-16)19-10;1-4(2,3)5/h2-4,6-7,10,16-18H,1H2,(H2,11,12,13);(H3,1,2,3,5)/t4-,6?,7?,10-;/m0./s1. The average molecular weight is 381 g/mol. The first-order valence-electron chi connectivity index (χ1n) is 6.47. The van der Waals surface area contributed by atoms with Crippen molar-refractivity contribution < 1.29 is 34.7 Å². The molecule has 0 aromatic carbocycles.